The van der Waals surface area contributed by atoms with Crippen molar-refractivity contribution >= 4 is 17.1 Å². The molecule has 1 aliphatic carbocycles. The van der Waals surface area contributed by atoms with Gasteiger partial charge in [0.1, 0.15) is 0 Å². The van der Waals surface area contributed by atoms with Crippen LogP contribution in [0.15, 0.2) is 48.6 Å². The summed E-state index contributed by atoms with van der Waals surface area (Å²) in [5.74, 6) is 1.55. The molecule has 2 N–H and O–H groups in total. The summed E-state index contributed by atoms with van der Waals surface area (Å²) in [6.45, 7) is 0. The molecule has 0 aromatic heterocycles. The Hall–Kier alpha value is -0.846. The molecule has 0 radical (unpaired) electrons. The summed E-state index contributed by atoms with van der Waals surface area (Å²) in [5.41, 5.74) is 0. The number of hydrogen-bond donors (Lipinski definition) is 2. The summed E-state index contributed by atoms with van der Waals surface area (Å²) in [5, 5.41) is 18.9. The second kappa shape index (κ2) is 24.6. The summed E-state index contributed by atoms with van der Waals surface area (Å²) in [6.07, 6.45) is 37.2. The largest absolute Gasteiger partial charge is 0.504 e. The Bertz CT molecular complexity index is 655. The minimum Gasteiger partial charge on any atom is -0.415 e. The van der Waals surface area contributed by atoms with Crippen molar-refractivity contribution in [3.63, 3.8) is 0 Å². The van der Waals surface area contributed by atoms with Gasteiger partial charge in [-0.2, -0.15) is 0 Å². The molecular weight excluding hydrogens is 549 g/mol. The first-order valence-corrected chi connectivity index (χ1v) is 20.5. The molecule has 41 heavy (non-hydrogen) atoms. The molecule has 1 rings (SSSR count). The number of aliphatic hydroxyl groups excluding tert-OH is 2. The molecule has 0 heterocycles. The molecule has 1 saturated carbocycles. The second-order valence-corrected chi connectivity index (χ2v) is 18.3. The van der Waals surface area contributed by atoms with Crippen molar-refractivity contribution in [2.24, 2.45) is 11.8 Å². The minimum absolute atomic E-state index is 0.0271. The summed E-state index contributed by atoms with van der Waals surface area (Å²) in [4.78, 5) is 0. The fourth-order valence-electron chi connectivity index (χ4n) is 5.39. The van der Waals surface area contributed by atoms with E-state index >= 15 is 0 Å². The molecule has 0 saturated heterocycles. The van der Waals surface area contributed by atoms with Gasteiger partial charge in [-0.1, -0.05) is 74.3 Å². The molecule has 2 unspecified atom stereocenters. The van der Waals surface area contributed by atoms with Crippen molar-refractivity contribution in [3.8, 4) is 0 Å². The molecule has 0 bridgehead atoms. The van der Waals surface area contributed by atoms with E-state index in [9.17, 15) is 10.2 Å². The highest BCUT2D eigenvalue weighted by Gasteiger charge is 2.36. The quantitative estimate of drug-likeness (QED) is 0.0590. The molecule has 1 aliphatic rings. The second-order valence-electron chi connectivity index (χ2n) is 11.5. The molecule has 1 fully saturated rings. The molecule has 8 heteroatoms. The predicted octanol–water partition coefficient (Wildman–Crippen LogP) is 7.84. The van der Waals surface area contributed by atoms with Gasteiger partial charge in [-0.25, -0.2) is 0 Å². The molecule has 0 aliphatic heterocycles. The van der Waals surface area contributed by atoms with E-state index in [0.29, 0.717) is 6.04 Å². The van der Waals surface area contributed by atoms with E-state index in [0.717, 1.165) is 30.7 Å². The average molecular weight is 611 g/mol. The van der Waals surface area contributed by atoms with E-state index in [1.165, 1.54) is 83.5 Å². The van der Waals surface area contributed by atoms with Gasteiger partial charge in [-0.3, -0.25) is 0 Å². The Morgan fingerprint density at radius 2 is 0.951 bits per heavy atom. The van der Waals surface area contributed by atoms with Crippen LogP contribution in [0.25, 0.3) is 0 Å². The number of allylic oxidation sites excluding steroid dienone is 8. The van der Waals surface area contributed by atoms with Gasteiger partial charge in [0.25, 0.3) is 0 Å². The maximum atomic E-state index is 9.45. The maximum absolute atomic E-state index is 9.45. The third kappa shape index (κ3) is 17.1. The molecule has 0 aromatic carbocycles. The van der Waals surface area contributed by atoms with Gasteiger partial charge in [0.15, 0.2) is 0 Å². The summed E-state index contributed by atoms with van der Waals surface area (Å²) in [6, 6.07) is 1.42. The monoisotopic (exact) mass is 610 g/mol. The van der Waals surface area contributed by atoms with Crippen LogP contribution in [-0.2, 0) is 17.7 Å². The van der Waals surface area contributed by atoms with Crippen LogP contribution in [-0.4, -0.2) is 68.2 Å². The van der Waals surface area contributed by atoms with Crippen LogP contribution >= 0.6 is 0 Å². The third-order valence-corrected chi connectivity index (χ3v) is 14.0. The van der Waals surface area contributed by atoms with Crippen molar-refractivity contribution in [2.75, 3.05) is 40.9 Å². The number of rotatable bonds is 26. The van der Waals surface area contributed by atoms with Gasteiger partial charge >= 0.3 is 8.80 Å². The van der Waals surface area contributed by atoms with E-state index in [2.05, 4.69) is 48.6 Å². The van der Waals surface area contributed by atoms with Gasteiger partial charge in [0.2, 0.25) is 8.32 Å². The highest BCUT2D eigenvalue weighted by molar-refractivity contribution is 6.73. The topological polar surface area (TPSA) is 77.4 Å². The van der Waals surface area contributed by atoms with Crippen LogP contribution in [0.4, 0.5) is 0 Å². The maximum Gasteiger partial charge on any atom is 0.504 e. The molecule has 6 nitrogen and oxygen atoms in total. The zero-order valence-corrected chi connectivity index (χ0v) is 28.7. The van der Waals surface area contributed by atoms with Crippen molar-refractivity contribution in [1.82, 2.24) is 0 Å². The van der Waals surface area contributed by atoms with Crippen molar-refractivity contribution in [1.29, 1.82) is 0 Å². The van der Waals surface area contributed by atoms with Crippen LogP contribution in [0, 0.1) is 11.8 Å². The smallest absolute Gasteiger partial charge is 0.415 e. The number of unbranched alkanes of at least 4 members (excludes halogenated alkanes) is 10. The van der Waals surface area contributed by atoms with Crippen LogP contribution in [0.5, 0.6) is 0 Å². The lowest BCUT2D eigenvalue weighted by Crippen LogP contribution is -2.45. The SMILES string of the molecule is CO[Si](CO)(CO)C/C=C/CCCCCC/C=C/C1CCC(/C=C/CCCCCC/C=C/C[Si](OC)(OC)OC)C1. The third-order valence-electron chi connectivity index (χ3n) is 8.45. The summed E-state index contributed by atoms with van der Waals surface area (Å²) in [7, 11) is 1.77. The highest BCUT2D eigenvalue weighted by Crippen LogP contribution is 2.33. The molecule has 238 valence electrons. The van der Waals surface area contributed by atoms with Crippen molar-refractivity contribution < 1.29 is 27.9 Å². The van der Waals surface area contributed by atoms with Crippen LogP contribution in [0.3, 0.4) is 0 Å². The Morgan fingerprint density at radius 3 is 1.34 bits per heavy atom. The Balaban J connectivity index is 2.00. The normalized spacial score (nSPS) is 18.8. The van der Waals surface area contributed by atoms with Crippen molar-refractivity contribution in [2.45, 2.75) is 108 Å². The molecule has 0 amide bonds. The van der Waals surface area contributed by atoms with Gasteiger partial charge in [-0.15, -0.1) is 0 Å². The van der Waals surface area contributed by atoms with Crippen LogP contribution < -0.4 is 0 Å². The van der Waals surface area contributed by atoms with E-state index in [1.807, 2.05) is 0 Å². The first-order valence-electron chi connectivity index (χ1n) is 16.1. The molecule has 0 aromatic rings. The molecule has 0 spiro atoms. The van der Waals surface area contributed by atoms with E-state index < -0.39 is 17.1 Å². The lowest BCUT2D eigenvalue weighted by molar-refractivity contribution is 0.127. The lowest BCUT2D eigenvalue weighted by Gasteiger charge is -2.23. The van der Waals surface area contributed by atoms with Crippen LogP contribution in [0.2, 0.25) is 12.1 Å². The summed E-state index contributed by atoms with van der Waals surface area (Å²) >= 11 is 0. The van der Waals surface area contributed by atoms with E-state index in [4.69, 9.17) is 17.7 Å². The number of aliphatic hydroxyl groups is 2. The Kier molecular flexibility index (Phi) is 22.9. The fraction of sp³-hybridized carbons (Fsp3) is 0.758. The highest BCUT2D eigenvalue weighted by atomic mass is 28.4. The number of hydrogen-bond acceptors (Lipinski definition) is 6. The zero-order valence-electron chi connectivity index (χ0n) is 26.7. The first kappa shape index (κ1) is 38.2. The standard InChI is InChI=1S/C33H62O6Si2/c1-36-40(30-34,31-35)27-21-17-13-9-5-7-11-15-19-23-32-25-26-33(29-32)24-20-16-12-8-6-10-14-18-22-28-41(37-2,38-3)39-4/h17-24,32-35H,5-16,25-31H2,1-4H3/b21-17+,22-18+,23-19+,24-20+. The van der Waals surface area contributed by atoms with Gasteiger partial charge in [-0.05, 0) is 88.5 Å². The zero-order chi connectivity index (χ0) is 30.1. The summed E-state index contributed by atoms with van der Waals surface area (Å²) < 4.78 is 21.7. The van der Waals surface area contributed by atoms with Gasteiger partial charge < -0.3 is 27.9 Å². The first-order chi connectivity index (χ1) is 20.0. The fourth-order valence-corrected chi connectivity index (χ4v) is 8.22. The van der Waals surface area contributed by atoms with E-state index in [1.54, 1.807) is 28.4 Å². The Morgan fingerprint density at radius 1 is 0.537 bits per heavy atom. The predicted molar refractivity (Wildman–Crippen MR) is 176 cm³/mol. The van der Waals surface area contributed by atoms with Gasteiger partial charge in [0.05, 0.1) is 12.5 Å². The van der Waals surface area contributed by atoms with Crippen LogP contribution in [0.1, 0.15) is 96.3 Å². The Labute approximate surface area is 254 Å². The van der Waals surface area contributed by atoms with E-state index in [-0.39, 0.29) is 12.5 Å². The lowest BCUT2D eigenvalue weighted by atomic mass is 10.0. The minimum atomic E-state index is -2.46. The van der Waals surface area contributed by atoms with Crippen molar-refractivity contribution in [3.05, 3.63) is 48.6 Å². The molecular formula is C33H62O6Si2. The van der Waals surface area contributed by atoms with Gasteiger partial charge in [0, 0.05) is 34.5 Å². The average Bonchev–Trinajstić information content (AvgIpc) is 3.46. The molecule has 2 atom stereocenters.